The molecule has 2 fully saturated rings. The van der Waals surface area contributed by atoms with Crippen LogP contribution in [0.2, 0.25) is 0 Å². The Labute approximate surface area is 235 Å². The summed E-state index contributed by atoms with van der Waals surface area (Å²) in [6.45, 7) is 6.88. The van der Waals surface area contributed by atoms with Gasteiger partial charge in [0.05, 0.1) is 24.2 Å². The highest BCUT2D eigenvalue weighted by atomic mass is 19.1. The molecule has 0 atom stereocenters. The minimum absolute atomic E-state index is 0.0904. The zero-order chi connectivity index (χ0) is 28.5. The number of benzene rings is 2. The summed E-state index contributed by atoms with van der Waals surface area (Å²) in [5, 5.41) is 5.43. The maximum atomic E-state index is 14.7. The Morgan fingerprint density at radius 1 is 0.900 bits per heavy atom. The monoisotopic (exact) mass is 553 g/mol. The molecule has 2 amide bonds. The summed E-state index contributed by atoms with van der Waals surface area (Å²) >= 11 is 0. The first kappa shape index (κ1) is 29.4. The SMILES string of the molecule is CCOC(=O)C1CCC(Oc2ccc(C(=O)NCCNC(=O)c3ccc(N4CCC(C)CC4)cc3)c(F)c2)CC1. The number of piperidine rings is 1. The number of hydrogen-bond donors (Lipinski definition) is 2. The van der Waals surface area contributed by atoms with Gasteiger partial charge in [0.15, 0.2) is 0 Å². The molecule has 1 saturated carbocycles. The van der Waals surface area contributed by atoms with Gasteiger partial charge in [-0.05, 0) is 87.8 Å². The van der Waals surface area contributed by atoms with E-state index in [1.54, 1.807) is 13.0 Å². The van der Waals surface area contributed by atoms with Crippen molar-refractivity contribution in [1.29, 1.82) is 0 Å². The smallest absolute Gasteiger partial charge is 0.308 e. The lowest BCUT2D eigenvalue weighted by Gasteiger charge is -2.32. The van der Waals surface area contributed by atoms with Crippen molar-refractivity contribution >= 4 is 23.5 Å². The lowest BCUT2D eigenvalue weighted by atomic mass is 9.87. The van der Waals surface area contributed by atoms with Gasteiger partial charge in [-0.1, -0.05) is 6.92 Å². The number of nitrogens with zero attached hydrogens (tertiary/aromatic N) is 1. The van der Waals surface area contributed by atoms with Crippen LogP contribution >= 0.6 is 0 Å². The lowest BCUT2D eigenvalue weighted by molar-refractivity contribution is -0.149. The molecule has 2 aliphatic rings. The molecule has 1 saturated heterocycles. The fourth-order valence-electron chi connectivity index (χ4n) is 5.26. The predicted molar refractivity (Wildman–Crippen MR) is 151 cm³/mol. The zero-order valence-electron chi connectivity index (χ0n) is 23.4. The van der Waals surface area contributed by atoms with Crippen molar-refractivity contribution < 1.29 is 28.2 Å². The quantitative estimate of drug-likeness (QED) is 0.326. The summed E-state index contributed by atoms with van der Waals surface area (Å²) in [6, 6.07) is 11.7. The molecule has 40 heavy (non-hydrogen) atoms. The van der Waals surface area contributed by atoms with Crippen LogP contribution in [0, 0.1) is 17.7 Å². The minimum atomic E-state index is -0.678. The molecule has 0 spiro atoms. The third kappa shape index (κ3) is 7.96. The number of hydrogen-bond acceptors (Lipinski definition) is 6. The third-order valence-corrected chi connectivity index (χ3v) is 7.76. The van der Waals surface area contributed by atoms with Crippen molar-refractivity contribution in [2.75, 3.05) is 37.7 Å². The first-order valence-corrected chi connectivity index (χ1v) is 14.4. The Balaban J connectivity index is 1.17. The second-order valence-electron chi connectivity index (χ2n) is 10.7. The third-order valence-electron chi connectivity index (χ3n) is 7.76. The van der Waals surface area contributed by atoms with Gasteiger partial charge in [-0.15, -0.1) is 0 Å². The first-order valence-electron chi connectivity index (χ1n) is 14.4. The number of esters is 1. The van der Waals surface area contributed by atoms with Crippen molar-refractivity contribution in [3.63, 3.8) is 0 Å². The van der Waals surface area contributed by atoms with Gasteiger partial charge >= 0.3 is 5.97 Å². The lowest BCUT2D eigenvalue weighted by Crippen LogP contribution is -2.35. The molecule has 0 bridgehead atoms. The van der Waals surface area contributed by atoms with Gasteiger partial charge in [0.1, 0.15) is 11.6 Å². The van der Waals surface area contributed by atoms with Gasteiger partial charge in [0.2, 0.25) is 0 Å². The summed E-state index contributed by atoms with van der Waals surface area (Å²) < 4.78 is 25.7. The van der Waals surface area contributed by atoms with Crippen LogP contribution in [-0.2, 0) is 9.53 Å². The van der Waals surface area contributed by atoms with E-state index in [-0.39, 0.29) is 42.6 Å². The van der Waals surface area contributed by atoms with Crippen molar-refractivity contribution in [1.82, 2.24) is 10.6 Å². The topological polar surface area (TPSA) is 97.0 Å². The predicted octanol–water partition coefficient (Wildman–Crippen LogP) is 4.72. The van der Waals surface area contributed by atoms with E-state index in [1.807, 2.05) is 24.3 Å². The number of halogens is 1. The van der Waals surface area contributed by atoms with Crippen molar-refractivity contribution in [3.05, 3.63) is 59.4 Å². The van der Waals surface area contributed by atoms with E-state index in [1.165, 1.54) is 25.0 Å². The number of amides is 2. The van der Waals surface area contributed by atoms with Gasteiger partial charge in [-0.25, -0.2) is 4.39 Å². The molecule has 2 aromatic rings. The van der Waals surface area contributed by atoms with E-state index in [4.69, 9.17) is 9.47 Å². The van der Waals surface area contributed by atoms with Gasteiger partial charge in [0.25, 0.3) is 11.8 Å². The zero-order valence-corrected chi connectivity index (χ0v) is 23.4. The minimum Gasteiger partial charge on any atom is -0.490 e. The number of anilines is 1. The fraction of sp³-hybridized carbons (Fsp3) is 0.516. The Morgan fingerprint density at radius 3 is 2.17 bits per heavy atom. The van der Waals surface area contributed by atoms with Crippen molar-refractivity contribution in [3.8, 4) is 5.75 Å². The highest BCUT2D eigenvalue weighted by molar-refractivity contribution is 5.95. The van der Waals surface area contributed by atoms with Crippen LogP contribution in [0.5, 0.6) is 5.75 Å². The van der Waals surface area contributed by atoms with Crippen LogP contribution in [0.3, 0.4) is 0 Å². The summed E-state index contributed by atoms with van der Waals surface area (Å²) in [4.78, 5) is 39.2. The molecular weight excluding hydrogens is 513 g/mol. The Hall–Kier alpha value is -3.62. The molecule has 4 rings (SSSR count). The molecule has 2 N–H and O–H groups in total. The molecule has 0 radical (unpaired) electrons. The number of ether oxygens (including phenoxy) is 2. The van der Waals surface area contributed by atoms with Gasteiger partial charge in [-0.2, -0.15) is 0 Å². The van der Waals surface area contributed by atoms with Gasteiger partial charge in [0, 0.05) is 43.5 Å². The van der Waals surface area contributed by atoms with Crippen LogP contribution in [0.1, 0.15) is 73.1 Å². The first-order chi connectivity index (χ1) is 19.3. The number of carbonyl (C=O) groups is 3. The largest absolute Gasteiger partial charge is 0.490 e. The molecule has 0 unspecified atom stereocenters. The number of nitrogens with one attached hydrogen (secondary N) is 2. The van der Waals surface area contributed by atoms with Crippen molar-refractivity contribution in [2.24, 2.45) is 11.8 Å². The van der Waals surface area contributed by atoms with Crippen molar-refractivity contribution in [2.45, 2.75) is 58.5 Å². The van der Waals surface area contributed by atoms with Gasteiger partial charge < -0.3 is 25.0 Å². The second-order valence-corrected chi connectivity index (χ2v) is 10.7. The number of rotatable bonds is 10. The maximum Gasteiger partial charge on any atom is 0.308 e. The molecule has 8 nitrogen and oxygen atoms in total. The summed E-state index contributed by atoms with van der Waals surface area (Å²) in [5.41, 5.74) is 1.58. The molecule has 1 heterocycles. The maximum absolute atomic E-state index is 14.7. The molecule has 216 valence electrons. The number of carbonyl (C=O) groups excluding carboxylic acids is 3. The molecule has 0 aromatic heterocycles. The normalized spacial score (nSPS) is 19.5. The Morgan fingerprint density at radius 2 is 1.55 bits per heavy atom. The highest BCUT2D eigenvalue weighted by Crippen LogP contribution is 2.29. The average Bonchev–Trinajstić information content (AvgIpc) is 2.96. The standard InChI is InChI=1S/C31H40FN3O5/c1-3-39-31(38)23-6-10-25(11-7-23)40-26-12-13-27(28(32)20-26)30(37)34-17-16-33-29(36)22-4-8-24(9-5-22)35-18-14-21(2)15-19-35/h4-5,8-9,12-13,20-21,23,25H,3,6-7,10-11,14-19H2,1-2H3,(H,33,36)(H,34,37). The average molecular weight is 554 g/mol. The highest BCUT2D eigenvalue weighted by Gasteiger charge is 2.28. The van der Waals surface area contributed by atoms with Crippen LogP contribution in [-0.4, -0.2) is 56.7 Å². The summed E-state index contributed by atoms with van der Waals surface area (Å²) in [5.74, 6) is -0.636. The molecular formula is C31H40FN3O5. The van der Waals surface area contributed by atoms with Crippen LogP contribution in [0.15, 0.2) is 42.5 Å². The second kappa shape index (κ2) is 14.1. The van der Waals surface area contributed by atoms with Crippen LogP contribution in [0.25, 0.3) is 0 Å². The van der Waals surface area contributed by atoms with E-state index < -0.39 is 11.7 Å². The molecule has 1 aliphatic carbocycles. The summed E-state index contributed by atoms with van der Waals surface area (Å²) in [6.07, 6.45) is 4.95. The van der Waals surface area contributed by atoms with Crippen LogP contribution in [0.4, 0.5) is 10.1 Å². The molecule has 1 aliphatic heterocycles. The van der Waals surface area contributed by atoms with E-state index in [0.29, 0.717) is 43.6 Å². The van der Waals surface area contributed by atoms with Crippen LogP contribution < -0.4 is 20.3 Å². The van der Waals surface area contributed by atoms with E-state index in [0.717, 1.165) is 24.7 Å². The summed E-state index contributed by atoms with van der Waals surface area (Å²) in [7, 11) is 0. The fourth-order valence-corrected chi connectivity index (χ4v) is 5.26. The molecule has 9 heteroatoms. The van der Waals surface area contributed by atoms with E-state index >= 15 is 0 Å². The Kier molecular flexibility index (Phi) is 10.4. The van der Waals surface area contributed by atoms with E-state index in [2.05, 4.69) is 22.5 Å². The Bertz CT molecular complexity index is 1160. The van der Waals surface area contributed by atoms with E-state index in [9.17, 15) is 18.8 Å². The van der Waals surface area contributed by atoms with Gasteiger partial charge in [-0.3, -0.25) is 14.4 Å². The molecule has 2 aromatic carbocycles.